The van der Waals surface area contributed by atoms with Gasteiger partial charge in [0.1, 0.15) is 6.07 Å². The number of para-hydroxylation sites is 4. The van der Waals surface area contributed by atoms with E-state index in [0.717, 1.165) is 160 Å². The zero-order valence-corrected chi connectivity index (χ0v) is 51.4. The van der Waals surface area contributed by atoms with E-state index < -0.39 is 0 Å². The number of aryl methyl sites for hydroxylation is 6. The fourth-order valence-electron chi connectivity index (χ4n) is 15.5. The van der Waals surface area contributed by atoms with E-state index >= 15 is 0 Å². The lowest BCUT2D eigenvalue weighted by Crippen LogP contribution is -2.14. The lowest BCUT2D eigenvalue weighted by molar-refractivity contribution is 1.05. The zero-order valence-electron chi connectivity index (χ0n) is 51.4. The van der Waals surface area contributed by atoms with Crippen molar-refractivity contribution < 1.29 is 0 Å². The quantitative estimate of drug-likeness (QED) is 0.157. The van der Waals surface area contributed by atoms with Crippen LogP contribution < -0.4 is 0 Å². The first-order valence-electron chi connectivity index (χ1n) is 31.5. The van der Waals surface area contributed by atoms with Crippen LogP contribution in [0.15, 0.2) is 255 Å². The van der Waals surface area contributed by atoms with Crippen LogP contribution in [0.2, 0.25) is 0 Å². The van der Waals surface area contributed by atoms with Crippen LogP contribution in [0.4, 0.5) is 0 Å². The summed E-state index contributed by atoms with van der Waals surface area (Å²) < 4.78 is 12.4. The minimum atomic E-state index is 0.571. The average Bonchev–Trinajstić information content (AvgIpc) is 1.67. The molecule has 0 atom stereocenters. The van der Waals surface area contributed by atoms with Crippen LogP contribution in [0.5, 0.6) is 0 Å². The van der Waals surface area contributed by atoms with Crippen molar-refractivity contribution in [2.75, 3.05) is 0 Å². The van der Waals surface area contributed by atoms with E-state index in [1.807, 2.05) is 0 Å². The number of hydrogen-bond acceptors (Lipinski definition) is 1. The fraction of sp³-hybridized carbons (Fsp3) is 0.0706. The van der Waals surface area contributed by atoms with Gasteiger partial charge in [-0.1, -0.05) is 155 Å². The third kappa shape index (κ3) is 7.65. The summed E-state index contributed by atoms with van der Waals surface area (Å²) in [5.74, 6) is 0. The van der Waals surface area contributed by atoms with Crippen LogP contribution in [0.25, 0.3) is 160 Å². The van der Waals surface area contributed by atoms with Gasteiger partial charge in [-0.15, -0.1) is 0 Å². The predicted molar refractivity (Wildman–Crippen MR) is 382 cm³/mol. The molecule has 0 saturated heterocycles. The van der Waals surface area contributed by atoms with E-state index in [1.54, 1.807) is 0 Å². The maximum absolute atomic E-state index is 13.2. The second-order valence-corrected chi connectivity index (χ2v) is 25.3. The van der Waals surface area contributed by atoms with Gasteiger partial charge in [0.05, 0.1) is 77.8 Å². The highest BCUT2D eigenvalue weighted by atomic mass is 15.1. The Morgan fingerprint density at radius 2 is 0.484 bits per heavy atom. The van der Waals surface area contributed by atoms with Crippen molar-refractivity contribution in [1.29, 1.82) is 5.26 Å². The number of aromatic nitrogens is 5. The molecular formula is C85H60N6. The molecule has 0 aliphatic carbocycles. The van der Waals surface area contributed by atoms with E-state index in [2.05, 4.69) is 325 Å². The largest absolute Gasteiger partial charge is 0.309 e. The smallest absolute Gasteiger partial charge is 0.101 e. The minimum absolute atomic E-state index is 0.571. The van der Waals surface area contributed by atoms with Crippen molar-refractivity contribution in [2.45, 2.75) is 41.5 Å². The molecule has 0 spiro atoms. The second kappa shape index (κ2) is 19.7. The Morgan fingerprint density at radius 1 is 0.231 bits per heavy atom. The summed E-state index contributed by atoms with van der Waals surface area (Å²) in [5, 5.41) is 24.6. The first-order valence-corrected chi connectivity index (χ1v) is 31.5. The van der Waals surface area contributed by atoms with Crippen LogP contribution in [0, 0.1) is 52.9 Å². The summed E-state index contributed by atoms with van der Waals surface area (Å²) >= 11 is 0. The number of rotatable bonds is 7. The molecular weight excluding hydrogens is 1100 g/mol. The molecule has 0 aliphatic heterocycles. The normalized spacial score (nSPS) is 12.1. The Hall–Kier alpha value is -11.7. The molecule has 0 amide bonds. The van der Waals surface area contributed by atoms with Gasteiger partial charge < -0.3 is 22.8 Å². The van der Waals surface area contributed by atoms with Gasteiger partial charge in [0.25, 0.3) is 0 Å². The van der Waals surface area contributed by atoms with E-state index in [1.165, 1.54) is 33.4 Å². The predicted octanol–water partition coefficient (Wildman–Crippen LogP) is 22.2. The van der Waals surface area contributed by atoms with Gasteiger partial charge in [-0.3, -0.25) is 0 Å². The van der Waals surface area contributed by atoms with Gasteiger partial charge in [0, 0.05) is 76.4 Å². The maximum atomic E-state index is 13.2. The monoisotopic (exact) mass is 1160 g/mol. The first kappa shape index (κ1) is 52.5. The molecule has 0 fully saturated rings. The molecule has 18 rings (SSSR count). The van der Waals surface area contributed by atoms with E-state index in [-0.39, 0.29) is 0 Å². The Bertz CT molecular complexity index is 5720. The van der Waals surface area contributed by atoms with Gasteiger partial charge in [-0.05, 0) is 186 Å². The molecule has 0 N–H and O–H groups in total. The van der Waals surface area contributed by atoms with Crippen molar-refractivity contribution in [3.8, 4) is 56.8 Å². The lowest BCUT2D eigenvalue weighted by atomic mass is 9.86. The molecule has 0 saturated carbocycles. The van der Waals surface area contributed by atoms with Gasteiger partial charge in [-0.2, -0.15) is 5.26 Å². The third-order valence-electron chi connectivity index (χ3n) is 19.4. The van der Waals surface area contributed by atoms with Crippen molar-refractivity contribution in [1.82, 2.24) is 22.8 Å². The van der Waals surface area contributed by atoms with Crippen LogP contribution in [0.3, 0.4) is 0 Å². The van der Waals surface area contributed by atoms with Crippen LogP contribution in [0.1, 0.15) is 38.9 Å². The van der Waals surface area contributed by atoms with Crippen molar-refractivity contribution in [3.05, 3.63) is 294 Å². The van der Waals surface area contributed by atoms with E-state index in [4.69, 9.17) is 0 Å². The highest BCUT2D eigenvalue weighted by Gasteiger charge is 2.35. The van der Waals surface area contributed by atoms with Gasteiger partial charge in [-0.25, -0.2) is 0 Å². The summed E-state index contributed by atoms with van der Waals surface area (Å²) in [6.45, 7) is 13.2. The molecule has 430 valence electrons. The molecule has 0 bridgehead atoms. The molecule has 5 heterocycles. The summed E-state index contributed by atoms with van der Waals surface area (Å²) in [4.78, 5) is 0. The third-order valence-corrected chi connectivity index (χ3v) is 19.4. The average molecular weight is 1170 g/mol. The number of hydrogen-bond donors (Lipinski definition) is 0. The minimum Gasteiger partial charge on any atom is -0.309 e. The standard InChI is InChI=1S/C85H60N6/c1-50-25-33-75-62(41-50)63-42-51(2)26-34-76(63)89(75)83-81(56-31-39-73-68(47-56)60-21-13-15-23-71(60)87(73)58-17-9-7-10-18-58)70(49-86)82(57-32-40-74-69(48-57)61-22-14-16-24-72(61)88(74)59-19-11-8-12-20-59)84(90-77-35-27-52(3)43-64(77)65-44-53(4)28-36-78(65)90)85(83)91-79-37-29-54(5)45-66(79)67-46-55(6)30-38-80(67)91/h7-48H,1-6H3. The number of nitrogens with zero attached hydrogens (tertiary/aromatic N) is 6. The molecule has 0 unspecified atom stereocenters. The number of benzene rings is 13. The molecule has 5 aromatic heterocycles. The number of fused-ring (bicyclic) bond motifs is 15. The second-order valence-electron chi connectivity index (χ2n) is 25.3. The highest BCUT2D eigenvalue weighted by molar-refractivity contribution is 6.19. The first-order chi connectivity index (χ1) is 44.6. The van der Waals surface area contributed by atoms with Crippen LogP contribution in [-0.4, -0.2) is 22.8 Å². The summed E-state index contributed by atoms with van der Waals surface area (Å²) in [5.41, 5.74) is 26.8. The lowest BCUT2D eigenvalue weighted by Gasteiger charge is -2.29. The fourth-order valence-corrected chi connectivity index (χ4v) is 15.5. The van der Waals surface area contributed by atoms with Gasteiger partial charge in [0.15, 0.2) is 0 Å². The van der Waals surface area contributed by atoms with Crippen molar-refractivity contribution >= 4 is 109 Å². The maximum Gasteiger partial charge on any atom is 0.101 e. The van der Waals surface area contributed by atoms with Crippen LogP contribution in [-0.2, 0) is 0 Å². The molecule has 6 heteroatoms. The molecule has 6 nitrogen and oxygen atoms in total. The zero-order chi connectivity index (χ0) is 61.1. The van der Waals surface area contributed by atoms with E-state index in [9.17, 15) is 5.26 Å². The van der Waals surface area contributed by atoms with Gasteiger partial charge >= 0.3 is 0 Å². The Balaban J connectivity index is 1.14. The van der Waals surface area contributed by atoms with Crippen LogP contribution >= 0.6 is 0 Å². The summed E-state index contributed by atoms with van der Waals surface area (Å²) in [6, 6.07) is 97.5. The van der Waals surface area contributed by atoms with Crippen molar-refractivity contribution in [3.63, 3.8) is 0 Å². The molecule has 0 radical (unpaired) electrons. The summed E-state index contributed by atoms with van der Waals surface area (Å²) in [7, 11) is 0. The Morgan fingerprint density at radius 3 is 0.802 bits per heavy atom. The molecule has 91 heavy (non-hydrogen) atoms. The Kier molecular flexibility index (Phi) is 11.3. The SMILES string of the molecule is Cc1ccc2c(c1)c1cc(C)ccc1n2-c1c(-c2ccc3c(c2)c2ccccc2n3-c2ccccc2)c(C#N)c(-c2ccc3c(c2)c2ccccc2n3-c2ccccc2)c(-n2c3ccc(C)cc3c3cc(C)ccc32)c1-n1c2ccc(C)cc2c2cc(C)ccc21. The Labute approximate surface area is 526 Å². The summed E-state index contributed by atoms with van der Waals surface area (Å²) in [6.07, 6.45) is 0. The molecule has 18 aromatic rings. The van der Waals surface area contributed by atoms with E-state index in [0.29, 0.717) is 5.56 Å². The topological polar surface area (TPSA) is 48.4 Å². The number of nitriles is 1. The highest BCUT2D eigenvalue weighted by Crippen LogP contribution is 2.53. The van der Waals surface area contributed by atoms with Gasteiger partial charge in [0.2, 0.25) is 0 Å². The van der Waals surface area contributed by atoms with Crippen molar-refractivity contribution in [2.24, 2.45) is 0 Å². The molecule has 13 aromatic carbocycles. The molecule has 0 aliphatic rings.